The first-order valence-electron chi connectivity index (χ1n) is 7.69. The van der Waals surface area contributed by atoms with Crippen molar-refractivity contribution < 1.29 is 22.4 Å². The van der Waals surface area contributed by atoms with E-state index < -0.39 is 23.5 Å². The highest BCUT2D eigenvalue weighted by Crippen LogP contribution is 2.33. The van der Waals surface area contributed by atoms with Crippen LogP contribution in [0, 0.1) is 5.82 Å². The molecule has 1 N–H and O–H groups in total. The number of amides is 1. The van der Waals surface area contributed by atoms with Crippen molar-refractivity contribution in [3.05, 3.63) is 82.3 Å². The van der Waals surface area contributed by atoms with E-state index in [1.165, 1.54) is 41.2 Å². The van der Waals surface area contributed by atoms with Crippen molar-refractivity contribution >= 4 is 23.3 Å². The number of hydrogen-bond acceptors (Lipinski definition) is 2. The molecule has 9 heteroatoms. The molecule has 4 nitrogen and oxygen atoms in total. The lowest BCUT2D eigenvalue weighted by atomic mass is 10.1. The van der Waals surface area contributed by atoms with Crippen LogP contribution in [0.2, 0.25) is 5.02 Å². The Morgan fingerprint density at radius 2 is 1.89 bits per heavy atom. The number of benzene rings is 2. The lowest BCUT2D eigenvalue weighted by molar-refractivity contribution is -0.138. The second-order valence-corrected chi connectivity index (χ2v) is 6.07. The van der Waals surface area contributed by atoms with Crippen molar-refractivity contribution in [3.8, 4) is 0 Å². The van der Waals surface area contributed by atoms with Crippen molar-refractivity contribution in [1.29, 1.82) is 0 Å². The molecule has 1 aromatic heterocycles. The average molecular weight is 398 g/mol. The zero-order valence-corrected chi connectivity index (χ0v) is 14.4. The molecule has 0 saturated heterocycles. The second-order valence-electron chi connectivity index (χ2n) is 5.63. The van der Waals surface area contributed by atoms with Gasteiger partial charge < -0.3 is 5.32 Å². The summed E-state index contributed by atoms with van der Waals surface area (Å²) in [6.07, 6.45) is -3.13. The Bertz CT molecular complexity index is 985. The quantitative estimate of drug-likeness (QED) is 0.630. The van der Waals surface area contributed by atoms with Gasteiger partial charge in [-0.1, -0.05) is 23.7 Å². The first kappa shape index (κ1) is 18.9. The molecule has 27 heavy (non-hydrogen) atoms. The van der Waals surface area contributed by atoms with Gasteiger partial charge >= 0.3 is 6.18 Å². The predicted molar refractivity (Wildman–Crippen MR) is 92.1 cm³/mol. The molecule has 0 radical (unpaired) electrons. The molecular weight excluding hydrogens is 386 g/mol. The third-order valence-corrected chi connectivity index (χ3v) is 3.94. The molecule has 0 bridgehead atoms. The van der Waals surface area contributed by atoms with Gasteiger partial charge in [0, 0.05) is 17.3 Å². The van der Waals surface area contributed by atoms with Crippen LogP contribution in [0.3, 0.4) is 0 Å². The van der Waals surface area contributed by atoms with Crippen LogP contribution in [-0.2, 0) is 12.7 Å². The fraction of sp³-hybridized carbons (Fsp3) is 0.111. The van der Waals surface area contributed by atoms with Crippen LogP contribution in [0.25, 0.3) is 0 Å². The average Bonchev–Trinajstić information content (AvgIpc) is 3.01. The summed E-state index contributed by atoms with van der Waals surface area (Å²) < 4.78 is 54.2. The van der Waals surface area contributed by atoms with Gasteiger partial charge in [-0.2, -0.15) is 18.3 Å². The first-order valence-corrected chi connectivity index (χ1v) is 8.07. The second kappa shape index (κ2) is 7.40. The van der Waals surface area contributed by atoms with Crippen LogP contribution in [0.15, 0.2) is 54.7 Å². The summed E-state index contributed by atoms with van der Waals surface area (Å²) in [6, 6.07) is 10.1. The van der Waals surface area contributed by atoms with Crippen LogP contribution in [0.4, 0.5) is 23.4 Å². The standard InChI is InChI=1S/C18H12ClF4N3O/c19-12-5-6-14(18(21,22)23)11(9-12)10-26-8-7-16(25-26)24-17(27)13-3-1-2-4-15(13)20/h1-9H,10H2,(H,24,25,27). The normalized spacial score (nSPS) is 11.4. The van der Waals surface area contributed by atoms with Crippen molar-refractivity contribution in [3.63, 3.8) is 0 Å². The summed E-state index contributed by atoms with van der Waals surface area (Å²) in [5, 5.41) is 6.57. The molecule has 0 saturated carbocycles. The van der Waals surface area contributed by atoms with Crippen molar-refractivity contribution in [2.45, 2.75) is 12.7 Å². The molecule has 0 spiro atoms. The fourth-order valence-electron chi connectivity index (χ4n) is 2.49. The van der Waals surface area contributed by atoms with Crippen LogP contribution in [-0.4, -0.2) is 15.7 Å². The molecule has 0 fully saturated rings. The van der Waals surface area contributed by atoms with Crippen LogP contribution >= 0.6 is 11.6 Å². The maximum absolute atomic E-state index is 13.6. The van der Waals surface area contributed by atoms with Crippen molar-refractivity contribution in [2.24, 2.45) is 0 Å². The van der Waals surface area contributed by atoms with E-state index in [9.17, 15) is 22.4 Å². The molecule has 3 aromatic rings. The van der Waals surface area contributed by atoms with Gasteiger partial charge in [0.15, 0.2) is 5.82 Å². The summed E-state index contributed by atoms with van der Waals surface area (Å²) in [6.45, 7) is -0.203. The Morgan fingerprint density at radius 3 is 2.59 bits per heavy atom. The highest BCUT2D eigenvalue weighted by Gasteiger charge is 2.33. The van der Waals surface area contributed by atoms with E-state index in [0.29, 0.717) is 0 Å². The van der Waals surface area contributed by atoms with Crippen LogP contribution < -0.4 is 5.32 Å². The van der Waals surface area contributed by atoms with Gasteiger partial charge in [-0.15, -0.1) is 0 Å². The van der Waals surface area contributed by atoms with E-state index >= 15 is 0 Å². The van der Waals surface area contributed by atoms with E-state index in [2.05, 4.69) is 10.4 Å². The van der Waals surface area contributed by atoms with E-state index in [-0.39, 0.29) is 28.5 Å². The monoisotopic (exact) mass is 397 g/mol. The maximum atomic E-state index is 13.6. The van der Waals surface area contributed by atoms with Crippen LogP contribution in [0.5, 0.6) is 0 Å². The molecule has 0 aliphatic heterocycles. The molecule has 140 valence electrons. The molecule has 3 rings (SSSR count). The van der Waals surface area contributed by atoms with E-state index in [1.54, 1.807) is 0 Å². The molecule has 1 amide bonds. The number of halogens is 5. The van der Waals surface area contributed by atoms with E-state index in [0.717, 1.165) is 18.2 Å². The smallest absolute Gasteiger partial charge is 0.305 e. The van der Waals surface area contributed by atoms with Crippen molar-refractivity contribution in [2.75, 3.05) is 5.32 Å². The lowest BCUT2D eigenvalue weighted by Crippen LogP contribution is -2.15. The molecule has 0 aliphatic rings. The summed E-state index contributed by atoms with van der Waals surface area (Å²) in [7, 11) is 0. The molecule has 1 heterocycles. The number of nitrogens with zero attached hydrogens (tertiary/aromatic N) is 2. The van der Waals surface area contributed by atoms with E-state index in [1.807, 2.05) is 0 Å². The summed E-state index contributed by atoms with van der Waals surface area (Å²) in [5.41, 5.74) is -1.05. The summed E-state index contributed by atoms with van der Waals surface area (Å²) in [4.78, 5) is 12.1. The molecule has 0 unspecified atom stereocenters. The Kier molecular flexibility index (Phi) is 5.18. The number of carbonyl (C=O) groups is 1. The highest BCUT2D eigenvalue weighted by atomic mass is 35.5. The summed E-state index contributed by atoms with van der Waals surface area (Å²) >= 11 is 5.80. The van der Waals surface area contributed by atoms with Gasteiger partial charge in [0.2, 0.25) is 0 Å². The number of carbonyl (C=O) groups excluding carboxylic acids is 1. The van der Waals surface area contributed by atoms with Crippen molar-refractivity contribution in [1.82, 2.24) is 9.78 Å². The van der Waals surface area contributed by atoms with Gasteiger partial charge in [0.05, 0.1) is 17.7 Å². The van der Waals surface area contributed by atoms with Gasteiger partial charge in [-0.3, -0.25) is 9.48 Å². The zero-order chi connectivity index (χ0) is 19.6. The van der Waals surface area contributed by atoms with Gasteiger partial charge in [-0.05, 0) is 35.9 Å². The van der Waals surface area contributed by atoms with Gasteiger partial charge in [0.1, 0.15) is 5.82 Å². The number of nitrogens with one attached hydrogen (secondary N) is 1. The van der Waals surface area contributed by atoms with Gasteiger partial charge in [-0.25, -0.2) is 4.39 Å². The predicted octanol–water partition coefficient (Wildman–Crippen LogP) is 5.00. The summed E-state index contributed by atoms with van der Waals surface area (Å²) in [5.74, 6) is -1.32. The lowest BCUT2D eigenvalue weighted by Gasteiger charge is -2.13. The highest BCUT2D eigenvalue weighted by molar-refractivity contribution is 6.30. The minimum absolute atomic E-state index is 0.0647. The Labute approximate surface area is 156 Å². The number of hydrogen-bond donors (Lipinski definition) is 1. The minimum Gasteiger partial charge on any atom is -0.305 e. The first-order chi connectivity index (χ1) is 12.7. The third kappa shape index (κ3) is 4.46. The number of alkyl halides is 3. The minimum atomic E-state index is -4.53. The molecule has 2 aromatic carbocycles. The maximum Gasteiger partial charge on any atom is 0.416 e. The number of rotatable bonds is 4. The largest absolute Gasteiger partial charge is 0.416 e. The number of aromatic nitrogens is 2. The molecule has 0 aliphatic carbocycles. The Balaban J connectivity index is 1.79. The molecule has 0 atom stereocenters. The fourth-order valence-corrected chi connectivity index (χ4v) is 2.68. The number of anilines is 1. The topological polar surface area (TPSA) is 46.9 Å². The van der Waals surface area contributed by atoms with Crippen LogP contribution in [0.1, 0.15) is 21.5 Å². The molecular formula is C18H12ClF4N3O. The van der Waals surface area contributed by atoms with E-state index in [4.69, 9.17) is 11.6 Å². The Morgan fingerprint density at radius 1 is 1.15 bits per heavy atom. The Hall–Kier alpha value is -2.87. The van der Waals surface area contributed by atoms with Gasteiger partial charge in [0.25, 0.3) is 5.91 Å². The SMILES string of the molecule is O=C(Nc1ccn(Cc2cc(Cl)ccc2C(F)(F)F)n1)c1ccccc1F. The third-order valence-electron chi connectivity index (χ3n) is 3.71. The zero-order valence-electron chi connectivity index (χ0n) is 13.6.